The van der Waals surface area contributed by atoms with E-state index >= 15 is 0 Å². The van der Waals surface area contributed by atoms with Crippen molar-refractivity contribution >= 4 is 39.9 Å². The van der Waals surface area contributed by atoms with Crippen molar-refractivity contribution in [2.24, 2.45) is 0 Å². The zero-order chi connectivity index (χ0) is 21.0. The molecular formula is C20H20N4O4S. The molecule has 8 nitrogen and oxygen atoms in total. The molecule has 0 fully saturated rings. The Kier molecular flexibility index (Phi) is 6.28. The number of carbonyl (C=O) groups is 1. The van der Waals surface area contributed by atoms with E-state index in [2.05, 4.69) is 10.3 Å². The van der Waals surface area contributed by atoms with Crippen LogP contribution in [0.4, 0.5) is 11.4 Å². The predicted octanol–water partition coefficient (Wildman–Crippen LogP) is 3.83. The van der Waals surface area contributed by atoms with Crippen molar-refractivity contribution < 1.29 is 9.72 Å². The molecule has 9 heteroatoms. The van der Waals surface area contributed by atoms with Gasteiger partial charge in [-0.15, -0.1) is 0 Å². The molecule has 0 spiro atoms. The van der Waals surface area contributed by atoms with E-state index in [-0.39, 0.29) is 17.2 Å². The second-order valence-corrected chi connectivity index (χ2v) is 7.73. The number of para-hydroxylation sites is 1. The van der Waals surface area contributed by atoms with E-state index in [1.54, 1.807) is 35.8 Å². The Balaban J connectivity index is 1.85. The van der Waals surface area contributed by atoms with E-state index in [1.165, 1.54) is 30.0 Å². The van der Waals surface area contributed by atoms with Crippen LogP contribution in [0.25, 0.3) is 10.9 Å². The van der Waals surface area contributed by atoms with Gasteiger partial charge in [0.15, 0.2) is 5.16 Å². The highest BCUT2D eigenvalue weighted by atomic mass is 32.2. The van der Waals surface area contributed by atoms with Crippen molar-refractivity contribution in [3.8, 4) is 0 Å². The lowest BCUT2D eigenvalue weighted by Gasteiger charge is -2.16. The Morgan fingerprint density at radius 3 is 2.76 bits per heavy atom. The van der Waals surface area contributed by atoms with Gasteiger partial charge in [0.1, 0.15) is 0 Å². The van der Waals surface area contributed by atoms with Gasteiger partial charge in [0, 0.05) is 24.4 Å². The van der Waals surface area contributed by atoms with Gasteiger partial charge >= 0.3 is 0 Å². The Hall–Kier alpha value is -3.20. The highest BCUT2D eigenvalue weighted by molar-refractivity contribution is 8.00. The van der Waals surface area contributed by atoms with Crippen molar-refractivity contribution in [2.45, 2.75) is 37.2 Å². The topological polar surface area (TPSA) is 107 Å². The average molecular weight is 412 g/mol. The van der Waals surface area contributed by atoms with Gasteiger partial charge in [-0.1, -0.05) is 36.9 Å². The van der Waals surface area contributed by atoms with E-state index in [9.17, 15) is 19.7 Å². The monoisotopic (exact) mass is 412 g/mol. The molecule has 0 saturated carbocycles. The summed E-state index contributed by atoms with van der Waals surface area (Å²) in [5.74, 6) is -0.332. The molecule has 0 aliphatic carbocycles. The molecular weight excluding hydrogens is 392 g/mol. The first-order valence-electron chi connectivity index (χ1n) is 9.12. The number of anilines is 1. The Morgan fingerprint density at radius 1 is 1.28 bits per heavy atom. The molecule has 1 heterocycles. The number of thioether (sulfide) groups is 1. The summed E-state index contributed by atoms with van der Waals surface area (Å²) in [4.78, 5) is 40.4. The minimum atomic E-state index is -0.564. The Labute approximate surface area is 171 Å². The number of nitro benzene ring substituents is 1. The summed E-state index contributed by atoms with van der Waals surface area (Å²) >= 11 is 1.18. The summed E-state index contributed by atoms with van der Waals surface area (Å²) in [6.45, 7) is 4.17. The van der Waals surface area contributed by atoms with E-state index in [0.29, 0.717) is 28.3 Å². The molecule has 0 aliphatic rings. The molecule has 1 unspecified atom stereocenters. The van der Waals surface area contributed by atoms with Gasteiger partial charge in [-0.3, -0.25) is 24.3 Å². The highest BCUT2D eigenvalue weighted by Crippen LogP contribution is 2.24. The van der Waals surface area contributed by atoms with Crippen molar-refractivity contribution in [1.82, 2.24) is 9.55 Å². The number of nitrogens with one attached hydrogen (secondary N) is 1. The highest BCUT2D eigenvalue weighted by Gasteiger charge is 2.20. The van der Waals surface area contributed by atoms with Crippen molar-refractivity contribution in [1.29, 1.82) is 0 Å². The molecule has 1 amide bonds. The zero-order valence-corrected chi connectivity index (χ0v) is 16.8. The SMILES string of the molecule is CCCn1c(SC(C)C(=O)Nc2cccc([N+](=O)[O-])c2)nc2ccccc2c1=O. The van der Waals surface area contributed by atoms with E-state index in [4.69, 9.17) is 0 Å². The lowest BCUT2D eigenvalue weighted by Crippen LogP contribution is -2.27. The van der Waals surface area contributed by atoms with Crippen LogP contribution < -0.4 is 10.9 Å². The van der Waals surface area contributed by atoms with Crippen LogP contribution in [0.2, 0.25) is 0 Å². The number of carbonyl (C=O) groups excluding carboxylic acids is 1. The molecule has 0 radical (unpaired) electrons. The first-order valence-corrected chi connectivity index (χ1v) is 10.00. The van der Waals surface area contributed by atoms with Gasteiger partial charge < -0.3 is 5.32 Å². The fraction of sp³-hybridized carbons (Fsp3) is 0.250. The second-order valence-electron chi connectivity index (χ2n) is 6.43. The maximum absolute atomic E-state index is 12.8. The lowest BCUT2D eigenvalue weighted by molar-refractivity contribution is -0.384. The molecule has 1 aromatic heterocycles. The molecule has 1 atom stereocenters. The first kappa shape index (κ1) is 20.5. The lowest BCUT2D eigenvalue weighted by atomic mass is 10.2. The third-order valence-electron chi connectivity index (χ3n) is 4.25. The van der Waals surface area contributed by atoms with Crippen molar-refractivity contribution in [2.75, 3.05) is 5.32 Å². The number of hydrogen-bond acceptors (Lipinski definition) is 6. The first-order chi connectivity index (χ1) is 13.9. The van der Waals surface area contributed by atoms with Crippen molar-refractivity contribution in [3.63, 3.8) is 0 Å². The number of nitrogens with zero attached hydrogens (tertiary/aromatic N) is 3. The summed E-state index contributed by atoms with van der Waals surface area (Å²) in [6.07, 6.45) is 0.752. The van der Waals surface area contributed by atoms with E-state index in [0.717, 1.165) is 6.42 Å². The number of rotatable bonds is 7. The number of amides is 1. The number of aromatic nitrogens is 2. The van der Waals surface area contributed by atoms with Gasteiger partial charge in [-0.2, -0.15) is 0 Å². The molecule has 150 valence electrons. The fourth-order valence-corrected chi connectivity index (χ4v) is 3.75. The van der Waals surface area contributed by atoms with Crippen LogP contribution in [0, 0.1) is 10.1 Å². The van der Waals surface area contributed by atoms with Crippen LogP contribution in [0.15, 0.2) is 58.5 Å². The van der Waals surface area contributed by atoms with E-state index < -0.39 is 10.2 Å². The molecule has 0 aliphatic heterocycles. The molecule has 0 saturated heterocycles. The normalized spacial score (nSPS) is 11.9. The number of benzene rings is 2. The zero-order valence-electron chi connectivity index (χ0n) is 16.0. The van der Waals surface area contributed by atoms with Crippen LogP contribution in [-0.2, 0) is 11.3 Å². The molecule has 2 aromatic carbocycles. The van der Waals surface area contributed by atoms with Crippen LogP contribution >= 0.6 is 11.8 Å². The number of nitro groups is 1. The fourth-order valence-electron chi connectivity index (χ4n) is 2.81. The van der Waals surface area contributed by atoms with E-state index in [1.807, 2.05) is 13.0 Å². The summed E-state index contributed by atoms with van der Waals surface area (Å²) in [6, 6.07) is 12.9. The van der Waals surface area contributed by atoms with Gasteiger partial charge in [0.2, 0.25) is 5.91 Å². The summed E-state index contributed by atoms with van der Waals surface area (Å²) in [5.41, 5.74) is 0.690. The van der Waals surface area contributed by atoms with Crippen LogP contribution in [0.5, 0.6) is 0 Å². The number of non-ortho nitro benzene ring substituents is 1. The third-order valence-corrected chi connectivity index (χ3v) is 5.34. The Bertz CT molecular complexity index is 1130. The number of fused-ring (bicyclic) bond motifs is 1. The summed E-state index contributed by atoms with van der Waals surface area (Å²) in [7, 11) is 0. The van der Waals surface area contributed by atoms with Gasteiger partial charge in [0.25, 0.3) is 11.2 Å². The minimum Gasteiger partial charge on any atom is -0.325 e. The standard InChI is InChI=1S/C20H20N4O4S/c1-3-11-23-19(26)16-9-4-5-10-17(16)22-20(23)29-13(2)18(25)21-14-7-6-8-15(12-14)24(27)28/h4-10,12-13H,3,11H2,1-2H3,(H,21,25). The predicted molar refractivity (Wildman–Crippen MR) is 113 cm³/mol. The Morgan fingerprint density at radius 2 is 2.03 bits per heavy atom. The van der Waals surface area contributed by atoms with Crippen molar-refractivity contribution in [3.05, 3.63) is 69.0 Å². The molecule has 29 heavy (non-hydrogen) atoms. The second kappa shape index (κ2) is 8.87. The largest absolute Gasteiger partial charge is 0.325 e. The van der Waals surface area contributed by atoms with Crippen LogP contribution in [0.3, 0.4) is 0 Å². The van der Waals surface area contributed by atoms with Crippen LogP contribution in [-0.4, -0.2) is 25.6 Å². The molecule has 3 rings (SSSR count). The molecule has 0 bridgehead atoms. The van der Waals surface area contributed by atoms with Gasteiger partial charge in [-0.25, -0.2) is 4.98 Å². The number of hydrogen-bond donors (Lipinski definition) is 1. The maximum atomic E-state index is 12.8. The average Bonchev–Trinajstić information content (AvgIpc) is 2.71. The summed E-state index contributed by atoms with van der Waals surface area (Å²) < 4.78 is 1.59. The summed E-state index contributed by atoms with van der Waals surface area (Å²) in [5, 5.41) is 14.0. The third kappa shape index (κ3) is 4.62. The minimum absolute atomic E-state index is 0.101. The maximum Gasteiger partial charge on any atom is 0.271 e. The molecule has 3 aromatic rings. The smallest absolute Gasteiger partial charge is 0.271 e. The van der Waals surface area contributed by atoms with Gasteiger partial charge in [-0.05, 0) is 31.5 Å². The quantitative estimate of drug-likeness (QED) is 0.273. The molecule has 1 N–H and O–H groups in total. The van der Waals surface area contributed by atoms with Gasteiger partial charge in [0.05, 0.1) is 21.1 Å². The van der Waals surface area contributed by atoms with Crippen LogP contribution in [0.1, 0.15) is 20.3 Å².